The van der Waals surface area contributed by atoms with Gasteiger partial charge in [0.25, 0.3) is 0 Å². The van der Waals surface area contributed by atoms with Crippen molar-refractivity contribution in [2.45, 2.75) is 6.42 Å². The molecule has 0 spiro atoms. The number of Topliss-reactive ketones (excluding diaryl/α,β-unsaturated/α-hetero) is 1. The average Bonchev–Trinajstić information content (AvgIpc) is 3.24. The highest BCUT2D eigenvalue weighted by molar-refractivity contribution is 7.10. The second-order valence-corrected chi connectivity index (χ2v) is 6.77. The van der Waals surface area contributed by atoms with Gasteiger partial charge in [0.2, 0.25) is 5.78 Å². The molecule has 0 bridgehead atoms. The Morgan fingerprint density at radius 1 is 1.08 bits per heavy atom. The minimum absolute atomic E-state index is 0.180. The van der Waals surface area contributed by atoms with Crippen LogP contribution in [0, 0.1) is 0 Å². The molecular formula is C21H14O4S. The largest absolute Gasteiger partial charge is 0.452 e. The highest BCUT2D eigenvalue weighted by Gasteiger charge is 2.28. The van der Waals surface area contributed by atoms with Crippen molar-refractivity contribution in [3.63, 3.8) is 0 Å². The van der Waals surface area contributed by atoms with Crippen LogP contribution in [0.15, 0.2) is 71.8 Å². The van der Waals surface area contributed by atoms with E-state index in [1.807, 2.05) is 47.8 Å². The molecule has 4 rings (SSSR count). The molecular weight excluding hydrogens is 348 g/mol. The van der Waals surface area contributed by atoms with Crippen LogP contribution in [0.25, 0.3) is 6.08 Å². The monoisotopic (exact) mass is 362 g/mol. The summed E-state index contributed by atoms with van der Waals surface area (Å²) in [7, 11) is 0. The summed E-state index contributed by atoms with van der Waals surface area (Å²) in [6, 6.07) is 18.1. The summed E-state index contributed by atoms with van der Waals surface area (Å²) < 4.78 is 11.0. The maximum atomic E-state index is 12.4. The van der Waals surface area contributed by atoms with Gasteiger partial charge in [-0.1, -0.05) is 36.4 Å². The van der Waals surface area contributed by atoms with Crippen molar-refractivity contribution < 1.29 is 19.1 Å². The molecule has 5 heteroatoms. The van der Waals surface area contributed by atoms with Crippen LogP contribution < -0.4 is 9.47 Å². The Bertz CT molecular complexity index is 988. The molecule has 1 aromatic heterocycles. The number of carbonyl (C=O) groups excluding carboxylic acids is 2. The van der Waals surface area contributed by atoms with Crippen molar-refractivity contribution in [3.8, 4) is 11.5 Å². The lowest BCUT2D eigenvalue weighted by atomic mass is 10.1. The van der Waals surface area contributed by atoms with E-state index < -0.39 is 0 Å². The number of esters is 1. The number of hydrogen-bond donors (Lipinski definition) is 0. The van der Waals surface area contributed by atoms with Crippen LogP contribution in [0.4, 0.5) is 0 Å². The zero-order chi connectivity index (χ0) is 17.9. The number of ether oxygens (including phenoxy) is 2. The minimum Gasteiger partial charge on any atom is -0.452 e. The summed E-state index contributed by atoms with van der Waals surface area (Å²) in [4.78, 5) is 25.4. The second kappa shape index (κ2) is 6.98. The molecule has 128 valence electrons. The van der Waals surface area contributed by atoms with Crippen LogP contribution in [0.2, 0.25) is 0 Å². The lowest BCUT2D eigenvalue weighted by Crippen LogP contribution is -2.10. The molecule has 2 heterocycles. The Morgan fingerprint density at radius 3 is 2.69 bits per heavy atom. The molecule has 0 fully saturated rings. The summed E-state index contributed by atoms with van der Waals surface area (Å²) in [5, 5.41) is 1.91. The van der Waals surface area contributed by atoms with Crippen molar-refractivity contribution in [3.05, 3.63) is 87.8 Å². The van der Waals surface area contributed by atoms with Gasteiger partial charge in [-0.05, 0) is 35.2 Å². The first-order valence-corrected chi connectivity index (χ1v) is 8.93. The maximum absolute atomic E-state index is 12.4. The zero-order valence-corrected chi connectivity index (χ0v) is 14.5. The molecule has 0 radical (unpaired) electrons. The first-order chi connectivity index (χ1) is 12.7. The summed E-state index contributed by atoms with van der Waals surface area (Å²) in [6.07, 6.45) is 1.92. The maximum Gasteiger partial charge on any atom is 0.316 e. The van der Waals surface area contributed by atoms with Gasteiger partial charge in [0.1, 0.15) is 11.5 Å². The van der Waals surface area contributed by atoms with Crippen LogP contribution in [-0.2, 0) is 11.2 Å². The molecule has 0 amide bonds. The van der Waals surface area contributed by atoms with E-state index in [0.717, 1.165) is 10.4 Å². The van der Waals surface area contributed by atoms with Crippen molar-refractivity contribution in [1.29, 1.82) is 0 Å². The van der Waals surface area contributed by atoms with Crippen molar-refractivity contribution in [2.24, 2.45) is 0 Å². The van der Waals surface area contributed by atoms with Crippen LogP contribution in [0.1, 0.15) is 20.8 Å². The van der Waals surface area contributed by atoms with Crippen molar-refractivity contribution in [2.75, 3.05) is 0 Å². The summed E-state index contributed by atoms with van der Waals surface area (Å²) >= 11 is 1.51. The summed E-state index contributed by atoms with van der Waals surface area (Å²) in [6.45, 7) is 0. The molecule has 1 aliphatic heterocycles. The van der Waals surface area contributed by atoms with Gasteiger partial charge in [0, 0.05) is 10.9 Å². The fourth-order valence-corrected chi connectivity index (χ4v) is 3.34. The molecule has 0 atom stereocenters. The molecule has 0 aliphatic carbocycles. The van der Waals surface area contributed by atoms with Crippen LogP contribution in [0.5, 0.6) is 11.5 Å². The van der Waals surface area contributed by atoms with E-state index in [1.54, 1.807) is 24.3 Å². The number of rotatable bonds is 4. The molecule has 26 heavy (non-hydrogen) atoms. The Balaban J connectivity index is 1.50. The van der Waals surface area contributed by atoms with Crippen LogP contribution in [-0.4, -0.2) is 11.8 Å². The Hall–Kier alpha value is -3.18. The van der Waals surface area contributed by atoms with Gasteiger partial charge in [-0.25, -0.2) is 0 Å². The fourth-order valence-electron chi connectivity index (χ4n) is 2.65. The first-order valence-electron chi connectivity index (χ1n) is 8.05. The van der Waals surface area contributed by atoms with Crippen molar-refractivity contribution in [1.82, 2.24) is 0 Å². The molecule has 2 aromatic carbocycles. The number of carbonyl (C=O) groups is 2. The van der Waals surface area contributed by atoms with Crippen LogP contribution in [0.3, 0.4) is 0 Å². The highest BCUT2D eigenvalue weighted by atomic mass is 32.1. The molecule has 0 saturated heterocycles. The number of ketones is 1. The van der Waals surface area contributed by atoms with Gasteiger partial charge >= 0.3 is 5.97 Å². The Labute approximate surface area is 154 Å². The second-order valence-electron chi connectivity index (χ2n) is 5.74. The van der Waals surface area contributed by atoms with Crippen LogP contribution >= 0.6 is 11.3 Å². The summed E-state index contributed by atoms with van der Waals surface area (Å²) in [5.41, 5.74) is 1.34. The van der Waals surface area contributed by atoms with Gasteiger partial charge in [-0.15, -0.1) is 11.3 Å². The molecule has 0 unspecified atom stereocenters. The lowest BCUT2D eigenvalue weighted by molar-refractivity contribution is -0.133. The Kier molecular flexibility index (Phi) is 4.37. The van der Waals surface area contributed by atoms with Gasteiger partial charge in [-0.3, -0.25) is 9.59 Å². The van der Waals surface area contributed by atoms with E-state index in [-0.39, 0.29) is 23.9 Å². The number of fused-ring (bicyclic) bond motifs is 1. The van der Waals surface area contributed by atoms with Gasteiger partial charge < -0.3 is 9.47 Å². The van der Waals surface area contributed by atoms with E-state index >= 15 is 0 Å². The smallest absolute Gasteiger partial charge is 0.316 e. The standard InChI is InChI=1S/C21H14O4S/c22-20(13-16-7-4-10-26-16)24-15-8-9-17-18(12-15)25-19(21(17)23)11-14-5-2-1-3-6-14/h1-12H,13H2/b19-11-. The first kappa shape index (κ1) is 16.3. The van der Waals surface area contributed by atoms with Gasteiger partial charge in [0.05, 0.1) is 12.0 Å². The van der Waals surface area contributed by atoms with Gasteiger partial charge in [0.15, 0.2) is 5.76 Å². The minimum atomic E-state index is -0.350. The molecule has 3 aromatic rings. The highest BCUT2D eigenvalue weighted by Crippen LogP contribution is 2.35. The molecule has 0 N–H and O–H groups in total. The quantitative estimate of drug-likeness (QED) is 0.389. The normalized spacial score (nSPS) is 14.2. The lowest BCUT2D eigenvalue weighted by Gasteiger charge is -2.05. The van der Waals surface area contributed by atoms with E-state index in [2.05, 4.69) is 0 Å². The van der Waals surface area contributed by atoms with E-state index in [9.17, 15) is 9.59 Å². The average molecular weight is 362 g/mol. The number of allylic oxidation sites excluding steroid dienone is 1. The number of thiophene rings is 1. The van der Waals surface area contributed by atoms with Crippen molar-refractivity contribution >= 4 is 29.2 Å². The predicted octanol–water partition coefficient (Wildman–Crippen LogP) is 4.51. The molecule has 4 nitrogen and oxygen atoms in total. The molecule has 1 aliphatic rings. The van der Waals surface area contributed by atoms with E-state index in [0.29, 0.717) is 17.1 Å². The third-order valence-electron chi connectivity index (χ3n) is 3.87. The predicted molar refractivity (Wildman–Crippen MR) is 99.5 cm³/mol. The fraction of sp³-hybridized carbons (Fsp3) is 0.0476. The SMILES string of the molecule is O=C(Cc1cccs1)Oc1ccc2c(c1)O/C(=C\c1ccccc1)C2=O. The van der Waals surface area contributed by atoms with E-state index in [4.69, 9.17) is 9.47 Å². The number of hydrogen-bond acceptors (Lipinski definition) is 5. The Morgan fingerprint density at radius 2 is 1.92 bits per heavy atom. The topological polar surface area (TPSA) is 52.6 Å². The zero-order valence-electron chi connectivity index (χ0n) is 13.7. The summed E-state index contributed by atoms with van der Waals surface area (Å²) in [5.74, 6) is 0.489. The third-order valence-corrected chi connectivity index (χ3v) is 4.75. The number of benzene rings is 2. The molecule has 0 saturated carbocycles. The van der Waals surface area contributed by atoms with E-state index in [1.165, 1.54) is 11.3 Å². The van der Waals surface area contributed by atoms with Gasteiger partial charge in [-0.2, -0.15) is 0 Å². The third kappa shape index (κ3) is 3.43.